The summed E-state index contributed by atoms with van der Waals surface area (Å²) in [7, 11) is -3.27. The quantitative estimate of drug-likeness (QED) is 0.872. The second-order valence-corrected chi connectivity index (χ2v) is 8.55. The third-order valence-electron chi connectivity index (χ3n) is 4.71. The summed E-state index contributed by atoms with van der Waals surface area (Å²) in [4.78, 5) is 14.3. The molecule has 1 aromatic carbocycles. The van der Waals surface area contributed by atoms with Gasteiger partial charge in [-0.1, -0.05) is 18.9 Å². The average Bonchev–Trinajstić information content (AvgIpc) is 3.16. The molecule has 0 radical (unpaired) electrons. The Labute approximate surface area is 143 Å². The van der Waals surface area contributed by atoms with Crippen LogP contribution in [0.15, 0.2) is 29.2 Å². The molecule has 7 heteroatoms. The van der Waals surface area contributed by atoms with Gasteiger partial charge in [0.2, 0.25) is 5.91 Å². The third kappa shape index (κ3) is 3.89. The molecule has 1 aliphatic heterocycles. The van der Waals surface area contributed by atoms with Crippen LogP contribution in [0, 0.1) is 0 Å². The van der Waals surface area contributed by atoms with E-state index in [0.29, 0.717) is 36.9 Å². The Hall–Kier alpha value is -1.60. The number of nitrogens with one attached hydrogen (secondary N) is 1. The molecule has 1 saturated heterocycles. The Balaban J connectivity index is 1.63. The Kier molecular flexibility index (Phi) is 5.40. The number of hydrogen-bond donors (Lipinski definition) is 1. The number of carbonyl (C=O) groups is 1. The molecule has 0 bridgehead atoms. The molecule has 1 heterocycles. The fourth-order valence-electron chi connectivity index (χ4n) is 3.28. The molecule has 0 spiro atoms. The van der Waals surface area contributed by atoms with Crippen molar-refractivity contribution in [2.75, 3.05) is 38.2 Å². The van der Waals surface area contributed by atoms with Crippen molar-refractivity contribution in [3.05, 3.63) is 24.3 Å². The van der Waals surface area contributed by atoms with E-state index >= 15 is 0 Å². The van der Waals surface area contributed by atoms with Crippen molar-refractivity contribution in [2.24, 2.45) is 0 Å². The maximum absolute atomic E-state index is 12.7. The fourth-order valence-corrected chi connectivity index (χ4v) is 5.17. The van der Waals surface area contributed by atoms with Crippen molar-refractivity contribution in [2.45, 2.75) is 35.8 Å². The van der Waals surface area contributed by atoms with Crippen LogP contribution in [0.4, 0.5) is 5.69 Å². The number of ether oxygens (including phenoxy) is 1. The van der Waals surface area contributed by atoms with Crippen molar-refractivity contribution in [1.82, 2.24) is 4.90 Å². The second kappa shape index (κ2) is 7.53. The van der Waals surface area contributed by atoms with E-state index in [1.54, 1.807) is 29.2 Å². The first-order valence-electron chi connectivity index (χ1n) is 8.51. The smallest absolute Gasteiger partial charge is 0.242 e. The number of anilines is 1. The molecule has 6 nitrogen and oxygen atoms in total. The average molecular weight is 352 g/mol. The lowest BCUT2D eigenvalue weighted by atomic mass is 10.3. The zero-order valence-corrected chi connectivity index (χ0v) is 14.6. The molecule has 1 aliphatic carbocycles. The van der Waals surface area contributed by atoms with Gasteiger partial charge >= 0.3 is 0 Å². The van der Waals surface area contributed by atoms with Crippen molar-refractivity contribution in [3.8, 4) is 0 Å². The molecule has 0 unspecified atom stereocenters. The van der Waals surface area contributed by atoms with Crippen molar-refractivity contribution in [1.29, 1.82) is 0 Å². The van der Waals surface area contributed by atoms with Crippen molar-refractivity contribution in [3.63, 3.8) is 0 Å². The van der Waals surface area contributed by atoms with Crippen molar-refractivity contribution < 1.29 is 17.9 Å². The maximum atomic E-state index is 12.7. The van der Waals surface area contributed by atoms with E-state index in [2.05, 4.69) is 5.32 Å². The second-order valence-electron chi connectivity index (χ2n) is 6.33. The van der Waals surface area contributed by atoms with Gasteiger partial charge in [0, 0.05) is 18.8 Å². The van der Waals surface area contributed by atoms with Gasteiger partial charge in [0.05, 0.1) is 29.9 Å². The van der Waals surface area contributed by atoms with Crippen molar-refractivity contribution >= 4 is 21.4 Å². The van der Waals surface area contributed by atoms with Crippen LogP contribution < -0.4 is 5.32 Å². The number of hydrogen-bond acceptors (Lipinski definition) is 5. The van der Waals surface area contributed by atoms with Gasteiger partial charge in [-0.25, -0.2) is 8.42 Å². The van der Waals surface area contributed by atoms with Crippen LogP contribution in [0.5, 0.6) is 0 Å². The molecule has 2 fully saturated rings. The van der Waals surface area contributed by atoms with E-state index in [4.69, 9.17) is 4.74 Å². The van der Waals surface area contributed by atoms with Crippen LogP contribution in [-0.4, -0.2) is 57.3 Å². The van der Waals surface area contributed by atoms with Crippen LogP contribution >= 0.6 is 0 Å². The number of amides is 1. The Morgan fingerprint density at radius 3 is 2.62 bits per heavy atom. The summed E-state index contributed by atoms with van der Waals surface area (Å²) in [5.74, 6) is 0.00218. The van der Waals surface area contributed by atoms with Gasteiger partial charge < -0.3 is 15.0 Å². The molecular weight excluding hydrogens is 328 g/mol. The molecule has 132 valence electrons. The monoisotopic (exact) mass is 352 g/mol. The first-order chi connectivity index (χ1) is 11.6. The largest absolute Gasteiger partial charge is 0.378 e. The highest BCUT2D eigenvalue weighted by atomic mass is 32.2. The van der Waals surface area contributed by atoms with Gasteiger partial charge in [-0.3, -0.25) is 4.79 Å². The van der Waals surface area contributed by atoms with E-state index < -0.39 is 9.84 Å². The molecule has 0 aromatic heterocycles. The molecule has 1 amide bonds. The summed E-state index contributed by atoms with van der Waals surface area (Å²) < 4.78 is 30.5. The molecule has 1 saturated carbocycles. The fraction of sp³-hybridized carbons (Fsp3) is 0.588. The zero-order valence-electron chi connectivity index (χ0n) is 13.7. The van der Waals surface area contributed by atoms with Gasteiger partial charge in [-0.05, 0) is 31.0 Å². The molecular formula is C17H24N2O4S. The van der Waals surface area contributed by atoms with Gasteiger partial charge in [-0.15, -0.1) is 0 Å². The number of nitrogens with zero attached hydrogens (tertiary/aromatic N) is 1. The number of morpholine rings is 1. The summed E-state index contributed by atoms with van der Waals surface area (Å²) in [6, 6.07) is 6.80. The SMILES string of the molecule is O=C(CNc1cccc(S(=O)(=O)C2CCCC2)c1)N1CCOCC1. The molecule has 24 heavy (non-hydrogen) atoms. The minimum Gasteiger partial charge on any atom is -0.378 e. The van der Waals surface area contributed by atoms with Crippen LogP contribution in [0.3, 0.4) is 0 Å². The van der Waals surface area contributed by atoms with Gasteiger partial charge in [0.15, 0.2) is 9.84 Å². The number of rotatable bonds is 5. The molecule has 2 aliphatic rings. The molecule has 1 aromatic rings. The zero-order chi connectivity index (χ0) is 17.0. The Morgan fingerprint density at radius 1 is 1.21 bits per heavy atom. The predicted molar refractivity (Wildman–Crippen MR) is 91.8 cm³/mol. The number of sulfone groups is 1. The number of benzene rings is 1. The van der Waals surface area contributed by atoms with E-state index in [9.17, 15) is 13.2 Å². The van der Waals surface area contributed by atoms with Crippen LogP contribution in [0.25, 0.3) is 0 Å². The van der Waals surface area contributed by atoms with Gasteiger partial charge in [0.1, 0.15) is 0 Å². The van der Waals surface area contributed by atoms with Crippen LogP contribution in [0.1, 0.15) is 25.7 Å². The van der Waals surface area contributed by atoms with Gasteiger partial charge in [-0.2, -0.15) is 0 Å². The Morgan fingerprint density at radius 2 is 1.92 bits per heavy atom. The molecule has 3 rings (SSSR count). The van der Waals surface area contributed by atoms with Gasteiger partial charge in [0.25, 0.3) is 0 Å². The first-order valence-corrected chi connectivity index (χ1v) is 10.1. The third-order valence-corrected chi connectivity index (χ3v) is 6.97. The summed E-state index contributed by atoms with van der Waals surface area (Å²) in [6.45, 7) is 2.52. The lowest BCUT2D eigenvalue weighted by molar-refractivity contribution is -0.133. The lowest BCUT2D eigenvalue weighted by Crippen LogP contribution is -2.43. The van der Waals surface area contributed by atoms with E-state index in [1.165, 1.54) is 0 Å². The van der Waals surface area contributed by atoms with Crippen LogP contribution in [-0.2, 0) is 19.4 Å². The summed E-state index contributed by atoms with van der Waals surface area (Å²) in [5.41, 5.74) is 0.663. The standard InChI is InChI=1S/C17H24N2O4S/c20-17(19-8-10-23-11-9-19)13-18-14-4-3-7-16(12-14)24(21,22)15-5-1-2-6-15/h3-4,7,12,15,18H,1-2,5-6,8-11,13H2. The Bertz CT molecular complexity index is 678. The highest BCUT2D eigenvalue weighted by Crippen LogP contribution is 2.30. The summed E-state index contributed by atoms with van der Waals surface area (Å²) in [6.07, 6.45) is 3.46. The van der Waals surface area contributed by atoms with E-state index in [-0.39, 0.29) is 17.7 Å². The summed E-state index contributed by atoms with van der Waals surface area (Å²) in [5, 5.41) is 2.79. The predicted octanol–water partition coefficient (Wildman–Crippen LogP) is 1.67. The van der Waals surface area contributed by atoms with E-state index in [0.717, 1.165) is 25.7 Å². The minimum atomic E-state index is -3.27. The molecule has 0 atom stereocenters. The van der Waals surface area contributed by atoms with E-state index in [1.807, 2.05) is 0 Å². The first kappa shape index (κ1) is 17.2. The normalized spacial score (nSPS) is 19.4. The molecule has 1 N–H and O–H groups in total. The number of carbonyl (C=O) groups excluding carboxylic acids is 1. The minimum absolute atomic E-state index is 0.00218. The lowest BCUT2D eigenvalue weighted by Gasteiger charge is -2.27. The maximum Gasteiger partial charge on any atom is 0.242 e. The summed E-state index contributed by atoms with van der Waals surface area (Å²) >= 11 is 0. The highest BCUT2D eigenvalue weighted by molar-refractivity contribution is 7.92. The highest BCUT2D eigenvalue weighted by Gasteiger charge is 2.30. The topological polar surface area (TPSA) is 75.7 Å². The van der Waals surface area contributed by atoms with Crippen LogP contribution in [0.2, 0.25) is 0 Å².